The molecule has 0 atom stereocenters. The Morgan fingerprint density at radius 3 is 2.75 bits per heavy atom. The minimum absolute atomic E-state index is 0.0605. The van der Waals surface area contributed by atoms with Crippen molar-refractivity contribution < 1.29 is 8.42 Å². The van der Waals surface area contributed by atoms with Crippen LogP contribution in [0.2, 0.25) is 0 Å². The van der Waals surface area contributed by atoms with Crippen LogP contribution in [0.25, 0.3) is 0 Å². The van der Waals surface area contributed by atoms with Crippen LogP contribution in [0.3, 0.4) is 0 Å². The first-order chi connectivity index (χ1) is 7.61. The van der Waals surface area contributed by atoms with Gasteiger partial charge in [0.15, 0.2) is 5.03 Å². The maximum atomic E-state index is 11.9. The maximum Gasteiger partial charge on any atom is 0.260 e. The Hall–Kier alpha value is -1.14. The van der Waals surface area contributed by atoms with Crippen LogP contribution in [0, 0.1) is 0 Å². The SMILES string of the molecule is CCCNS(=O)(=O)c1ncccc1NCC. The normalized spacial score (nSPS) is 11.4. The number of anilines is 1. The molecule has 0 amide bonds. The van der Waals surface area contributed by atoms with Gasteiger partial charge in [-0.15, -0.1) is 0 Å². The lowest BCUT2D eigenvalue weighted by atomic mass is 10.4. The van der Waals surface area contributed by atoms with E-state index in [1.54, 1.807) is 12.1 Å². The van der Waals surface area contributed by atoms with Gasteiger partial charge in [-0.1, -0.05) is 6.92 Å². The molecule has 90 valence electrons. The third-order valence-corrected chi connectivity index (χ3v) is 3.35. The van der Waals surface area contributed by atoms with Crippen LogP contribution >= 0.6 is 0 Å². The summed E-state index contributed by atoms with van der Waals surface area (Å²) in [5.41, 5.74) is 0.536. The predicted octanol–water partition coefficient (Wildman–Crippen LogP) is 1.20. The zero-order chi connectivity index (χ0) is 12.0. The van der Waals surface area contributed by atoms with E-state index in [-0.39, 0.29) is 5.03 Å². The highest BCUT2D eigenvalue weighted by Crippen LogP contribution is 2.17. The number of sulfonamides is 1. The molecule has 0 fully saturated rings. The van der Waals surface area contributed by atoms with Crippen molar-refractivity contribution >= 4 is 15.7 Å². The first-order valence-electron chi connectivity index (χ1n) is 5.30. The van der Waals surface area contributed by atoms with Gasteiger partial charge < -0.3 is 5.32 Å². The Labute approximate surface area is 96.3 Å². The summed E-state index contributed by atoms with van der Waals surface area (Å²) in [6.07, 6.45) is 2.23. The lowest BCUT2D eigenvalue weighted by Crippen LogP contribution is -2.26. The smallest absolute Gasteiger partial charge is 0.260 e. The van der Waals surface area contributed by atoms with Crippen molar-refractivity contribution in [2.75, 3.05) is 18.4 Å². The van der Waals surface area contributed by atoms with E-state index in [0.717, 1.165) is 6.42 Å². The van der Waals surface area contributed by atoms with Crippen LogP contribution < -0.4 is 10.0 Å². The molecule has 2 N–H and O–H groups in total. The average molecular weight is 243 g/mol. The average Bonchev–Trinajstić information content (AvgIpc) is 2.27. The molecule has 1 rings (SSSR count). The number of aromatic nitrogens is 1. The van der Waals surface area contributed by atoms with Crippen molar-refractivity contribution in [3.63, 3.8) is 0 Å². The van der Waals surface area contributed by atoms with Crippen LogP contribution in [0.15, 0.2) is 23.4 Å². The van der Waals surface area contributed by atoms with Gasteiger partial charge in [-0.3, -0.25) is 0 Å². The molecule has 0 saturated heterocycles. The van der Waals surface area contributed by atoms with Gasteiger partial charge in [0.2, 0.25) is 0 Å². The fourth-order valence-corrected chi connectivity index (χ4v) is 2.47. The molecule has 0 spiro atoms. The second-order valence-electron chi connectivity index (χ2n) is 3.28. The molecular weight excluding hydrogens is 226 g/mol. The number of nitrogens with one attached hydrogen (secondary N) is 2. The number of pyridine rings is 1. The summed E-state index contributed by atoms with van der Waals surface area (Å²) in [5.74, 6) is 0. The van der Waals surface area contributed by atoms with Crippen molar-refractivity contribution in [1.29, 1.82) is 0 Å². The van der Waals surface area contributed by atoms with Gasteiger partial charge in [-0.05, 0) is 25.5 Å². The lowest BCUT2D eigenvalue weighted by molar-refractivity contribution is 0.577. The molecule has 0 aliphatic carbocycles. The molecule has 16 heavy (non-hydrogen) atoms. The minimum atomic E-state index is -3.50. The van der Waals surface area contributed by atoms with Gasteiger partial charge in [-0.25, -0.2) is 18.1 Å². The first-order valence-corrected chi connectivity index (χ1v) is 6.78. The van der Waals surface area contributed by atoms with Gasteiger partial charge in [0, 0.05) is 19.3 Å². The van der Waals surface area contributed by atoms with Gasteiger partial charge in [-0.2, -0.15) is 0 Å². The zero-order valence-electron chi connectivity index (χ0n) is 9.53. The summed E-state index contributed by atoms with van der Waals surface area (Å²) in [7, 11) is -3.50. The van der Waals surface area contributed by atoms with E-state index in [0.29, 0.717) is 18.8 Å². The largest absolute Gasteiger partial charge is 0.383 e. The summed E-state index contributed by atoms with van der Waals surface area (Å²) in [5, 5.41) is 3.04. The van der Waals surface area contributed by atoms with E-state index >= 15 is 0 Å². The highest BCUT2D eigenvalue weighted by Gasteiger charge is 2.18. The van der Waals surface area contributed by atoms with Crippen molar-refractivity contribution in [1.82, 2.24) is 9.71 Å². The number of nitrogens with zero attached hydrogens (tertiary/aromatic N) is 1. The molecule has 0 bridgehead atoms. The Morgan fingerprint density at radius 1 is 1.38 bits per heavy atom. The fourth-order valence-electron chi connectivity index (χ4n) is 1.23. The third-order valence-electron chi connectivity index (χ3n) is 1.94. The van der Waals surface area contributed by atoms with Crippen LogP contribution in [0.1, 0.15) is 20.3 Å². The standard InChI is InChI=1S/C10H17N3O2S/c1-3-7-13-16(14,15)10-9(11-4-2)6-5-8-12-10/h5-6,8,11,13H,3-4,7H2,1-2H3. The van der Waals surface area contributed by atoms with Crippen LogP contribution in [-0.2, 0) is 10.0 Å². The van der Waals surface area contributed by atoms with Crippen molar-refractivity contribution in [2.24, 2.45) is 0 Å². The Balaban J connectivity index is 3.02. The number of hydrogen-bond donors (Lipinski definition) is 2. The minimum Gasteiger partial charge on any atom is -0.383 e. The summed E-state index contributed by atoms with van der Waals surface area (Å²) in [4.78, 5) is 3.91. The maximum absolute atomic E-state index is 11.9. The summed E-state index contributed by atoms with van der Waals surface area (Å²) >= 11 is 0. The highest BCUT2D eigenvalue weighted by molar-refractivity contribution is 7.89. The van der Waals surface area contributed by atoms with Crippen LogP contribution in [0.4, 0.5) is 5.69 Å². The molecule has 1 aromatic rings. The van der Waals surface area contributed by atoms with Gasteiger partial charge >= 0.3 is 0 Å². The monoisotopic (exact) mass is 243 g/mol. The van der Waals surface area contributed by atoms with E-state index in [4.69, 9.17) is 0 Å². The Morgan fingerprint density at radius 2 is 2.12 bits per heavy atom. The number of hydrogen-bond acceptors (Lipinski definition) is 4. The van der Waals surface area contributed by atoms with Crippen LogP contribution in [-0.4, -0.2) is 26.5 Å². The summed E-state index contributed by atoms with van der Waals surface area (Å²) in [6, 6.07) is 3.41. The summed E-state index contributed by atoms with van der Waals surface area (Å²) < 4.78 is 26.2. The van der Waals surface area contributed by atoms with Crippen LogP contribution in [0.5, 0.6) is 0 Å². The molecule has 1 aromatic heterocycles. The molecule has 0 unspecified atom stereocenters. The second-order valence-corrected chi connectivity index (χ2v) is 4.97. The third kappa shape index (κ3) is 3.18. The molecule has 0 aliphatic rings. The summed E-state index contributed by atoms with van der Waals surface area (Å²) in [6.45, 7) is 4.89. The first kappa shape index (κ1) is 12.9. The van der Waals surface area contributed by atoms with Crippen molar-refractivity contribution in [3.05, 3.63) is 18.3 Å². The van der Waals surface area contributed by atoms with E-state index in [2.05, 4.69) is 15.0 Å². The molecular formula is C10H17N3O2S. The highest BCUT2D eigenvalue weighted by atomic mass is 32.2. The topological polar surface area (TPSA) is 71.1 Å². The lowest BCUT2D eigenvalue weighted by Gasteiger charge is -2.10. The van der Waals surface area contributed by atoms with E-state index in [1.165, 1.54) is 6.20 Å². The Kier molecular flexibility index (Phi) is 4.70. The second kappa shape index (κ2) is 5.81. The zero-order valence-corrected chi connectivity index (χ0v) is 10.3. The van der Waals surface area contributed by atoms with Gasteiger partial charge in [0.1, 0.15) is 0 Å². The van der Waals surface area contributed by atoms with Crippen molar-refractivity contribution in [3.8, 4) is 0 Å². The predicted molar refractivity (Wildman–Crippen MR) is 63.9 cm³/mol. The molecule has 5 nitrogen and oxygen atoms in total. The van der Waals surface area contributed by atoms with E-state index in [1.807, 2.05) is 13.8 Å². The molecule has 6 heteroatoms. The number of rotatable bonds is 6. The van der Waals surface area contributed by atoms with Gasteiger partial charge in [0.25, 0.3) is 10.0 Å². The molecule has 0 aromatic carbocycles. The molecule has 0 saturated carbocycles. The fraction of sp³-hybridized carbons (Fsp3) is 0.500. The molecule has 0 radical (unpaired) electrons. The molecule has 1 heterocycles. The van der Waals surface area contributed by atoms with Gasteiger partial charge in [0.05, 0.1) is 5.69 Å². The Bertz CT molecular complexity index is 431. The molecule has 0 aliphatic heterocycles. The van der Waals surface area contributed by atoms with E-state index in [9.17, 15) is 8.42 Å². The van der Waals surface area contributed by atoms with E-state index < -0.39 is 10.0 Å². The van der Waals surface area contributed by atoms with Crippen molar-refractivity contribution in [2.45, 2.75) is 25.3 Å². The quantitative estimate of drug-likeness (QED) is 0.787.